The fraction of sp³-hybridized carbons (Fsp3) is 0.353. The molecule has 0 saturated heterocycles. The topological polar surface area (TPSA) is 48.0 Å². The van der Waals surface area contributed by atoms with Gasteiger partial charge in [0.05, 0.1) is 5.69 Å². The lowest BCUT2D eigenvalue weighted by molar-refractivity contribution is 0.579. The quantitative estimate of drug-likeness (QED) is 0.931. The Morgan fingerprint density at radius 3 is 2.40 bits per heavy atom. The maximum absolute atomic E-state index is 12.5. The highest BCUT2D eigenvalue weighted by Crippen LogP contribution is 2.25. The molecule has 0 aliphatic rings. The van der Waals surface area contributed by atoms with E-state index in [2.05, 4.69) is 32.0 Å². The van der Waals surface area contributed by atoms with Crippen molar-refractivity contribution in [2.75, 3.05) is 0 Å². The second-order valence-electron chi connectivity index (χ2n) is 5.54. The zero-order chi connectivity index (χ0) is 14.9. The molecular weight excluding hydrogens is 248 g/mol. The highest BCUT2D eigenvalue weighted by molar-refractivity contribution is 5.64. The largest absolute Gasteiger partial charge is 0.326 e. The van der Waals surface area contributed by atoms with E-state index < -0.39 is 0 Å². The fourth-order valence-electron chi connectivity index (χ4n) is 2.58. The Balaban J connectivity index is 2.74. The number of rotatable bonds is 3. The second kappa shape index (κ2) is 5.63. The zero-order valence-electron chi connectivity index (χ0n) is 12.6. The number of hydrogen-bond donors (Lipinski definition) is 1. The smallest absolute Gasteiger partial charge is 0.255 e. The lowest BCUT2D eigenvalue weighted by Gasteiger charge is -2.19. The van der Waals surface area contributed by atoms with Crippen LogP contribution in [0.4, 0.5) is 0 Å². The van der Waals surface area contributed by atoms with Crippen LogP contribution in [0.3, 0.4) is 0 Å². The van der Waals surface area contributed by atoms with Gasteiger partial charge in [-0.2, -0.15) is 0 Å². The summed E-state index contributed by atoms with van der Waals surface area (Å²) < 4.78 is 1.83. The summed E-state index contributed by atoms with van der Waals surface area (Å²) in [6.45, 7) is 8.47. The van der Waals surface area contributed by atoms with Gasteiger partial charge < -0.3 is 10.3 Å². The van der Waals surface area contributed by atoms with Gasteiger partial charge in [-0.1, -0.05) is 29.8 Å². The van der Waals surface area contributed by atoms with Crippen molar-refractivity contribution in [3.05, 3.63) is 57.4 Å². The molecule has 1 aromatic heterocycles. The van der Waals surface area contributed by atoms with E-state index in [0.29, 0.717) is 5.56 Å². The molecule has 0 atom stereocenters. The first-order chi connectivity index (χ1) is 9.45. The van der Waals surface area contributed by atoms with Crippen LogP contribution in [0.2, 0.25) is 0 Å². The maximum atomic E-state index is 12.5. The molecule has 3 heteroatoms. The molecule has 1 aromatic carbocycles. The monoisotopic (exact) mass is 270 g/mol. The van der Waals surface area contributed by atoms with E-state index in [1.54, 1.807) is 0 Å². The summed E-state index contributed by atoms with van der Waals surface area (Å²) in [6, 6.07) is 10.2. The van der Waals surface area contributed by atoms with Crippen LogP contribution in [0.15, 0.2) is 35.1 Å². The van der Waals surface area contributed by atoms with E-state index in [-0.39, 0.29) is 18.1 Å². The lowest BCUT2D eigenvalue weighted by Crippen LogP contribution is -2.28. The molecule has 2 rings (SSSR count). The Hall–Kier alpha value is -1.87. The Labute approximate surface area is 120 Å². The summed E-state index contributed by atoms with van der Waals surface area (Å²) in [5.41, 5.74) is 10.8. The molecule has 0 amide bonds. The molecule has 20 heavy (non-hydrogen) atoms. The summed E-state index contributed by atoms with van der Waals surface area (Å²) in [7, 11) is 0. The lowest BCUT2D eigenvalue weighted by atomic mass is 10.0. The van der Waals surface area contributed by atoms with Crippen LogP contribution in [0.1, 0.15) is 36.6 Å². The van der Waals surface area contributed by atoms with Crippen LogP contribution < -0.4 is 11.3 Å². The number of pyridine rings is 1. The first-order valence-corrected chi connectivity index (χ1v) is 6.97. The van der Waals surface area contributed by atoms with Gasteiger partial charge in [-0.3, -0.25) is 4.79 Å². The van der Waals surface area contributed by atoms with E-state index in [0.717, 1.165) is 11.3 Å². The first kappa shape index (κ1) is 14.5. The molecule has 0 aliphatic carbocycles. The van der Waals surface area contributed by atoms with Gasteiger partial charge in [0.2, 0.25) is 0 Å². The van der Waals surface area contributed by atoms with Crippen molar-refractivity contribution in [3.8, 4) is 11.3 Å². The first-order valence-electron chi connectivity index (χ1n) is 6.97. The SMILES string of the molecule is Cc1ccc(-c2ccc(CN)c(=O)n2C(C)C)c(C)c1. The molecule has 3 nitrogen and oxygen atoms in total. The van der Waals surface area contributed by atoms with Gasteiger partial charge in [0.15, 0.2) is 0 Å². The number of nitrogens with zero attached hydrogens (tertiary/aromatic N) is 1. The second-order valence-corrected chi connectivity index (χ2v) is 5.54. The summed E-state index contributed by atoms with van der Waals surface area (Å²) in [5, 5.41) is 0. The molecule has 0 saturated carbocycles. The van der Waals surface area contributed by atoms with E-state index in [1.807, 2.05) is 30.5 Å². The Bertz CT molecular complexity index is 684. The van der Waals surface area contributed by atoms with Crippen LogP contribution in [-0.2, 0) is 6.54 Å². The Morgan fingerprint density at radius 1 is 1.15 bits per heavy atom. The van der Waals surface area contributed by atoms with Gasteiger partial charge in [0.1, 0.15) is 0 Å². The molecule has 1 heterocycles. The molecular formula is C17H22N2O. The van der Waals surface area contributed by atoms with Crippen molar-refractivity contribution >= 4 is 0 Å². The predicted octanol–water partition coefficient (Wildman–Crippen LogP) is 3.17. The average Bonchev–Trinajstić information content (AvgIpc) is 2.38. The minimum atomic E-state index is 0.0139. The number of nitrogens with two attached hydrogens (primary N) is 1. The predicted molar refractivity (Wildman–Crippen MR) is 83.9 cm³/mol. The number of benzene rings is 1. The van der Waals surface area contributed by atoms with E-state index in [9.17, 15) is 4.79 Å². The normalized spacial score (nSPS) is 11.1. The van der Waals surface area contributed by atoms with Crippen molar-refractivity contribution in [2.24, 2.45) is 5.73 Å². The summed E-state index contributed by atoms with van der Waals surface area (Å²) in [4.78, 5) is 12.5. The minimum Gasteiger partial charge on any atom is -0.326 e. The van der Waals surface area contributed by atoms with Crippen LogP contribution >= 0.6 is 0 Å². The van der Waals surface area contributed by atoms with Gasteiger partial charge in [-0.25, -0.2) is 0 Å². The molecule has 2 aromatic rings. The van der Waals surface area contributed by atoms with Crippen molar-refractivity contribution in [2.45, 2.75) is 40.3 Å². The Kier molecular flexibility index (Phi) is 4.09. The highest BCUT2D eigenvalue weighted by Gasteiger charge is 2.13. The molecule has 0 fully saturated rings. The third-order valence-corrected chi connectivity index (χ3v) is 3.59. The van der Waals surface area contributed by atoms with Crippen molar-refractivity contribution in [3.63, 3.8) is 0 Å². The van der Waals surface area contributed by atoms with Crippen LogP contribution in [0.5, 0.6) is 0 Å². The van der Waals surface area contributed by atoms with E-state index in [4.69, 9.17) is 5.73 Å². The molecule has 0 aliphatic heterocycles. The number of aryl methyl sites for hydroxylation is 2. The molecule has 2 N–H and O–H groups in total. The Morgan fingerprint density at radius 2 is 1.85 bits per heavy atom. The molecule has 106 valence electrons. The third kappa shape index (κ3) is 2.54. The van der Waals surface area contributed by atoms with Gasteiger partial charge >= 0.3 is 0 Å². The maximum Gasteiger partial charge on any atom is 0.255 e. The number of aromatic nitrogens is 1. The summed E-state index contributed by atoms with van der Waals surface area (Å²) in [5.74, 6) is 0. The highest BCUT2D eigenvalue weighted by atomic mass is 16.1. The summed E-state index contributed by atoms with van der Waals surface area (Å²) >= 11 is 0. The number of hydrogen-bond acceptors (Lipinski definition) is 2. The summed E-state index contributed by atoms with van der Waals surface area (Å²) in [6.07, 6.45) is 0. The van der Waals surface area contributed by atoms with Gasteiger partial charge in [0.25, 0.3) is 5.56 Å². The average molecular weight is 270 g/mol. The van der Waals surface area contributed by atoms with Crippen LogP contribution in [-0.4, -0.2) is 4.57 Å². The molecule has 0 bridgehead atoms. The molecule has 0 spiro atoms. The van der Waals surface area contributed by atoms with Crippen molar-refractivity contribution in [1.82, 2.24) is 4.57 Å². The van der Waals surface area contributed by atoms with E-state index >= 15 is 0 Å². The van der Waals surface area contributed by atoms with Crippen molar-refractivity contribution in [1.29, 1.82) is 0 Å². The van der Waals surface area contributed by atoms with Gasteiger partial charge in [-0.15, -0.1) is 0 Å². The standard InChI is InChI=1S/C17H22N2O/c1-11(2)19-16(8-6-14(10-18)17(19)20)15-7-5-12(3)9-13(15)4/h5-9,11H,10,18H2,1-4H3. The molecule has 0 unspecified atom stereocenters. The van der Waals surface area contributed by atoms with Crippen molar-refractivity contribution < 1.29 is 0 Å². The fourth-order valence-corrected chi connectivity index (χ4v) is 2.58. The minimum absolute atomic E-state index is 0.0139. The van der Waals surface area contributed by atoms with E-state index in [1.165, 1.54) is 11.1 Å². The van der Waals surface area contributed by atoms with Crippen LogP contribution in [0.25, 0.3) is 11.3 Å². The van der Waals surface area contributed by atoms with Gasteiger partial charge in [0, 0.05) is 23.7 Å². The van der Waals surface area contributed by atoms with Crippen LogP contribution in [0, 0.1) is 13.8 Å². The molecule has 0 radical (unpaired) electrons. The zero-order valence-corrected chi connectivity index (χ0v) is 12.6. The van der Waals surface area contributed by atoms with Gasteiger partial charge in [-0.05, 0) is 39.3 Å². The third-order valence-electron chi connectivity index (χ3n) is 3.59.